The molecule has 1 aromatic heterocycles. The quantitative estimate of drug-likeness (QED) is 0.355. The van der Waals surface area contributed by atoms with Gasteiger partial charge in [-0.1, -0.05) is 31.0 Å². The Hall–Kier alpha value is -4.27. The van der Waals surface area contributed by atoms with Gasteiger partial charge in [-0.3, -0.25) is 19.3 Å². The van der Waals surface area contributed by atoms with E-state index in [-0.39, 0.29) is 43.0 Å². The number of nitrogens with zero attached hydrogens (tertiary/aromatic N) is 2. The van der Waals surface area contributed by atoms with Gasteiger partial charge in [0.1, 0.15) is 23.4 Å². The lowest BCUT2D eigenvalue weighted by molar-refractivity contribution is -0.127. The van der Waals surface area contributed by atoms with Gasteiger partial charge in [0.25, 0.3) is 0 Å². The Bertz CT molecular complexity index is 1250. The number of nitrogens with one attached hydrogen (secondary N) is 2. The van der Waals surface area contributed by atoms with Crippen LogP contribution in [0.5, 0.6) is 5.75 Å². The van der Waals surface area contributed by atoms with Gasteiger partial charge in [0, 0.05) is 30.8 Å². The van der Waals surface area contributed by atoms with Crippen molar-refractivity contribution >= 4 is 29.2 Å². The molecular weight excluding hydrogens is 499 g/mol. The summed E-state index contributed by atoms with van der Waals surface area (Å²) in [6.45, 7) is 0. The zero-order valence-corrected chi connectivity index (χ0v) is 21.9. The first-order chi connectivity index (χ1) is 18.9. The molecule has 1 saturated carbocycles. The summed E-state index contributed by atoms with van der Waals surface area (Å²) in [6.07, 6.45) is 5.81. The predicted molar refractivity (Wildman–Crippen MR) is 147 cm³/mol. The van der Waals surface area contributed by atoms with Crippen molar-refractivity contribution in [2.75, 3.05) is 17.3 Å². The lowest BCUT2D eigenvalue weighted by Crippen LogP contribution is -2.46. The minimum atomic E-state index is -1.02. The maximum atomic E-state index is 13.8. The Kier molecular flexibility index (Phi) is 9.61. The van der Waals surface area contributed by atoms with Crippen molar-refractivity contribution in [2.45, 2.75) is 57.0 Å². The van der Waals surface area contributed by atoms with Gasteiger partial charge in [0.2, 0.25) is 17.7 Å². The molecule has 0 unspecified atom stereocenters. The molecule has 1 fully saturated rings. The molecule has 8 nitrogen and oxygen atoms in total. The van der Waals surface area contributed by atoms with Crippen LogP contribution >= 0.6 is 0 Å². The molecule has 9 heteroatoms. The number of hydrogen-bond acceptors (Lipinski definition) is 5. The second-order valence-corrected chi connectivity index (χ2v) is 9.52. The number of aromatic nitrogens is 1. The van der Waals surface area contributed by atoms with E-state index in [0.29, 0.717) is 22.8 Å². The molecule has 1 aliphatic rings. The van der Waals surface area contributed by atoms with Crippen LogP contribution in [0.1, 0.15) is 56.6 Å². The molecule has 4 rings (SSSR count). The Balaban J connectivity index is 1.57. The molecule has 39 heavy (non-hydrogen) atoms. The smallest absolute Gasteiger partial charge is 0.248 e. The Morgan fingerprint density at radius 2 is 1.72 bits per heavy atom. The SMILES string of the molecule is COc1ccc(N(C(=O)CCCC(=O)Nc2ccccn2)[C@H](C(=O)NC2CCCC2)c2ccc(F)cc2)cc1. The summed E-state index contributed by atoms with van der Waals surface area (Å²) in [5.74, 6) is -0.312. The first kappa shape index (κ1) is 27.8. The Labute approximate surface area is 227 Å². The number of amides is 3. The Morgan fingerprint density at radius 3 is 2.36 bits per heavy atom. The number of benzene rings is 2. The summed E-state index contributed by atoms with van der Waals surface area (Å²) < 4.78 is 19.1. The van der Waals surface area contributed by atoms with Crippen LogP contribution in [0.2, 0.25) is 0 Å². The molecule has 1 aliphatic carbocycles. The first-order valence-electron chi connectivity index (χ1n) is 13.2. The van der Waals surface area contributed by atoms with Gasteiger partial charge in [0.15, 0.2) is 0 Å². The average Bonchev–Trinajstić information content (AvgIpc) is 3.46. The lowest BCUT2D eigenvalue weighted by Gasteiger charge is -2.32. The minimum absolute atomic E-state index is 0.0239. The number of carbonyl (C=O) groups excluding carboxylic acids is 3. The third-order valence-corrected chi connectivity index (χ3v) is 6.74. The van der Waals surface area contributed by atoms with E-state index >= 15 is 0 Å². The minimum Gasteiger partial charge on any atom is -0.497 e. The van der Waals surface area contributed by atoms with Crippen molar-refractivity contribution < 1.29 is 23.5 Å². The summed E-state index contributed by atoms with van der Waals surface area (Å²) in [5.41, 5.74) is 0.985. The van der Waals surface area contributed by atoms with E-state index < -0.39 is 11.9 Å². The molecule has 0 saturated heterocycles. The maximum absolute atomic E-state index is 13.8. The van der Waals surface area contributed by atoms with E-state index in [2.05, 4.69) is 15.6 Å². The highest BCUT2D eigenvalue weighted by molar-refractivity contribution is 6.01. The molecule has 2 N–H and O–H groups in total. The molecule has 0 spiro atoms. The van der Waals surface area contributed by atoms with Crippen molar-refractivity contribution in [3.05, 3.63) is 84.3 Å². The standard InChI is InChI=1S/C30H33FN4O4/c1-39-25-18-16-24(17-19-25)35(28(37)11-6-10-27(36)34-26-9-4-5-20-32-26)29(21-12-14-22(31)15-13-21)30(38)33-23-7-2-3-8-23/h4-5,9,12-20,23,29H,2-3,6-8,10-11H2,1H3,(H,33,38)(H,32,34,36)/t29-/m0/s1. The number of ether oxygens (including phenoxy) is 1. The van der Waals surface area contributed by atoms with Crippen molar-refractivity contribution in [3.63, 3.8) is 0 Å². The van der Waals surface area contributed by atoms with E-state index in [9.17, 15) is 18.8 Å². The first-order valence-corrected chi connectivity index (χ1v) is 13.2. The maximum Gasteiger partial charge on any atom is 0.248 e. The van der Waals surface area contributed by atoms with Crippen LogP contribution in [0.25, 0.3) is 0 Å². The fraction of sp³-hybridized carbons (Fsp3) is 0.333. The third-order valence-electron chi connectivity index (χ3n) is 6.74. The van der Waals surface area contributed by atoms with Gasteiger partial charge < -0.3 is 15.4 Å². The van der Waals surface area contributed by atoms with Gasteiger partial charge in [0.05, 0.1) is 7.11 Å². The summed E-state index contributed by atoms with van der Waals surface area (Å²) in [5, 5.41) is 5.81. The van der Waals surface area contributed by atoms with Crippen LogP contribution in [0, 0.1) is 5.82 Å². The highest BCUT2D eigenvalue weighted by atomic mass is 19.1. The molecular formula is C30H33FN4O4. The highest BCUT2D eigenvalue weighted by Crippen LogP contribution is 2.31. The van der Waals surface area contributed by atoms with Crippen LogP contribution in [0.3, 0.4) is 0 Å². The lowest BCUT2D eigenvalue weighted by atomic mass is 10.0. The number of carbonyl (C=O) groups is 3. The van der Waals surface area contributed by atoms with E-state index in [1.807, 2.05) is 0 Å². The normalized spacial score (nSPS) is 13.9. The summed E-state index contributed by atoms with van der Waals surface area (Å²) >= 11 is 0. The second kappa shape index (κ2) is 13.5. The van der Waals surface area contributed by atoms with Crippen molar-refractivity contribution in [1.82, 2.24) is 10.3 Å². The van der Waals surface area contributed by atoms with Gasteiger partial charge in [-0.15, -0.1) is 0 Å². The van der Waals surface area contributed by atoms with E-state index in [1.54, 1.807) is 55.8 Å². The van der Waals surface area contributed by atoms with Crippen molar-refractivity contribution in [3.8, 4) is 5.75 Å². The van der Waals surface area contributed by atoms with Crippen LogP contribution < -0.4 is 20.3 Å². The third kappa shape index (κ3) is 7.63. The highest BCUT2D eigenvalue weighted by Gasteiger charge is 2.34. The van der Waals surface area contributed by atoms with E-state index in [4.69, 9.17) is 4.74 Å². The molecule has 204 valence electrons. The number of anilines is 2. The molecule has 0 aliphatic heterocycles. The second-order valence-electron chi connectivity index (χ2n) is 9.52. The molecule has 2 aromatic carbocycles. The number of hydrogen-bond donors (Lipinski definition) is 2. The number of methoxy groups -OCH3 is 1. The van der Waals surface area contributed by atoms with E-state index in [1.165, 1.54) is 29.2 Å². The number of halogens is 1. The van der Waals surface area contributed by atoms with Crippen LogP contribution in [-0.4, -0.2) is 35.9 Å². The summed E-state index contributed by atoms with van der Waals surface area (Å²) in [7, 11) is 1.55. The van der Waals surface area contributed by atoms with Gasteiger partial charge in [-0.2, -0.15) is 0 Å². The molecule has 1 atom stereocenters. The Morgan fingerprint density at radius 1 is 1.00 bits per heavy atom. The van der Waals surface area contributed by atoms with Gasteiger partial charge in [-0.25, -0.2) is 9.37 Å². The average molecular weight is 533 g/mol. The van der Waals surface area contributed by atoms with E-state index in [0.717, 1.165) is 25.7 Å². The predicted octanol–water partition coefficient (Wildman–Crippen LogP) is 5.17. The summed E-state index contributed by atoms with van der Waals surface area (Å²) in [4.78, 5) is 45.4. The molecule has 1 heterocycles. The fourth-order valence-corrected chi connectivity index (χ4v) is 4.76. The fourth-order valence-electron chi connectivity index (χ4n) is 4.76. The topological polar surface area (TPSA) is 101 Å². The molecule has 3 aromatic rings. The summed E-state index contributed by atoms with van der Waals surface area (Å²) in [6, 6.07) is 16.7. The number of pyridine rings is 1. The van der Waals surface area contributed by atoms with Crippen molar-refractivity contribution in [1.29, 1.82) is 0 Å². The van der Waals surface area contributed by atoms with Crippen molar-refractivity contribution in [2.24, 2.45) is 0 Å². The zero-order chi connectivity index (χ0) is 27.6. The van der Waals surface area contributed by atoms with Crippen LogP contribution in [-0.2, 0) is 14.4 Å². The van der Waals surface area contributed by atoms with Crippen LogP contribution in [0.15, 0.2) is 72.9 Å². The largest absolute Gasteiger partial charge is 0.497 e. The number of rotatable bonds is 11. The molecule has 0 bridgehead atoms. The zero-order valence-electron chi connectivity index (χ0n) is 21.9. The monoisotopic (exact) mass is 532 g/mol. The molecule has 3 amide bonds. The van der Waals surface area contributed by atoms with Crippen LogP contribution in [0.4, 0.5) is 15.9 Å². The van der Waals surface area contributed by atoms with Gasteiger partial charge >= 0.3 is 0 Å². The molecule has 0 radical (unpaired) electrons. The van der Waals surface area contributed by atoms with Gasteiger partial charge in [-0.05, 0) is 73.4 Å².